The minimum Gasteiger partial charge on any atom is -0.386 e. The Hall–Kier alpha value is -0.200. The molecule has 0 aliphatic carbocycles. The molecular weight excluding hydrogens is 320 g/mol. The third-order valence-electron chi connectivity index (χ3n) is 2.94. The van der Waals surface area contributed by atoms with Gasteiger partial charge in [0.2, 0.25) is 0 Å². The van der Waals surface area contributed by atoms with Gasteiger partial charge in [-0.05, 0) is 66.6 Å². The van der Waals surface area contributed by atoms with Crippen LogP contribution in [0.1, 0.15) is 30.5 Å². The summed E-state index contributed by atoms with van der Waals surface area (Å²) in [6.45, 7) is 4.76. The summed E-state index contributed by atoms with van der Waals surface area (Å²) >= 11 is 2.21. The van der Waals surface area contributed by atoms with E-state index in [1.165, 1.54) is 0 Å². The van der Waals surface area contributed by atoms with Gasteiger partial charge in [0.05, 0.1) is 5.60 Å². The van der Waals surface area contributed by atoms with Gasteiger partial charge in [-0.15, -0.1) is 0 Å². The number of rotatable bonds is 1. The Morgan fingerprint density at radius 2 is 2.12 bits per heavy atom. The van der Waals surface area contributed by atoms with Crippen molar-refractivity contribution in [1.82, 2.24) is 5.32 Å². The average Bonchev–Trinajstić information content (AvgIpc) is 2.22. The number of halogens is 2. The van der Waals surface area contributed by atoms with Crippen LogP contribution in [0.3, 0.4) is 0 Å². The summed E-state index contributed by atoms with van der Waals surface area (Å²) in [4.78, 5) is 0. The minimum absolute atomic E-state index is 0.232. The molecular formula is C12H15FINO. The normalized spacial score (nSPS) is 16.1. The van der Waals surface area contributed by atoms with E-state index < -0.39 is 5.60 Å². The predicted molar refractivity (Wildman–Crippen MR) is 69.8 cm³/mol. The highest BCUT2D eigenvalue weighted by molar-refractivity contribution is 14.1. The molecule has 1 aliphatic rings. The number of hydrogen-bond donors (Lipinski definition) is 2. The molecule has 0 saturated heterocycles. The Morgan fingerprint density at radius 3 is 2.75 bits per heavy atom. The lowest BCUT2D eigenvalue weighted by Crippen LogP contribution is -2.28. The summed E-state index contributed by atoms with van der Waals surface area (Å²) in [7, 11) is 0. The van der Waals surface area contributed by atoms with Gasteiger partial charge in [-0.2, -0.15) is 0 Å². The lowest BCUT2D eigenvalue weighted by molar-refractivity contribution is 0.0742. The average molecular weight is 335 g/mol. The molecule has 1 heterocycles. The minimum atomic E-state index is -1.12. The fraction of sp³-hybridized carbons (Fsp3) is 0.500. The Bertz CT molecular complexity index is 426. The van der Waals surface area contributed by atoms with Crippen LogP contribution in [-0.4, -0.2) is 11.7 Å². The largest absolute Gasteiger partial charge is 0.386 e. The van der Waals surface area contributed by atoms with Crippen molar-refractivity contribution in [2.75, 3.05) is 6.54 Å². The molecule has 0 spiro atoms. The molecule has 16 heavy (non-hydrogen) atoms. The highest BCUT2D eigenvalue weighted by Gasteiger charge is 2.26. The quantitative estimate of drug-likeness (QED) is 0.772. The smallest absolute Gasteiger partial charge is 0.132 e. The van der Waals surface area contributed by atoms with Crippen molar-refractivity contribution in [3.63, 3.8) is 0 Å². The van der Waals surface area contributed by atoms with E-state index in [9.17, 15) is 9.50 Å². The van der Waals surface area contributed by atoms with E-state index in [0.717, 1.165) is 27.8 Å². The summed E-state index contributed by atoms with van der Waals surface area (Å²) in [5.41, 5.74) is 1.09. The van der Waals surface area contributed by atoms with E-state index in [4.69, 9.17) is 0 Å². The molecule has 0 unspecified atom stereocenters. The second kappa shape index (κ2) is 4.23. The molecule has 0 atom stereocenters. The van der Waals surface area contributed by atoms with Crippen molar-refractivity contribution >= 4 is 22.6 Å². The summed E-state index contributed by atoms with van der Waals surface area (Å²) in [6.07, 6.45) is 0.696. The fourth-order valence-corrected chi connectivity index (χ4v) is 2.87. The zero-order valence-corrected chi connectivity index (χ0v) is 11.6. The van der Waals surface area contributed by atoms with Gasteiger partial charge in [0.25, 0.3) is 0 Å². The highest BCUT2D eigenvalue weighted by Crippen LogP contribution is 2.31. The molecule has 0 saturated carbocycles. The standard InChI is InChI=1S/C12H15FINO/c1-12(2,16)9-5-10(14)8-6-15-4-3-7(8)11(9)13/h5,15-16H,3-4,6H2,1-2H3. The Kier molecular flexibility index (Phi) is 3.25. The second-order valence-electron chi connectivity index (χ2n) is 4.66. The van der Waals surface area contributed by atoms with Crippen molar-refractivity contribution in [3.05, 3.63) is 32.1 Å². The van der Waals surface area contributed by atoms with Gasteiger partial charge in [0, 0.05) is 15.7 Å². The highest BCUT2D eigenvalue weighted by atomic mass is 127. The lowest BCUT2D eigenvalue weighted by Gasteiger charge is -2.25. The van der Waals surface area contributed by atoms with Gasteiger partial charge in [-0.1, -0.05) is 0 Å². The van der Waals surface area contributed by atoms with E-state index in [1.54, 1.807) is 19.9 Å². The summed E-state index contributed by atoms with van der Waals surface area (Å²) in [6, 6.07) is 1.75. The molecule has 1 aromatic rings. The maximum absolute atomic E-state index is 14.2. The van der Waals surface area contributed by atoms with Gasteiger partial charge in [0.1, 0.15) is 5.82 Å². The van der Waals surface area contributed by atoms with Crippen molar-refractivity contribution in [2.45, 2.75) is 32.4 Å². The van der Waals surface area contributed by atoms with Gasteiger partial charge >= 0.3 is 0 Å². The van der Waals surface area contributed by atoms with Crippen molar-refractivity contribution in [2.24, 2.45) is 0 Å². The molecule has 1 aromatic carbocycles. The van der Waals surface area contributed by atoms with Crippen LogP contribution < -0.4 is 5.32 Å². The van der Waals surface area contributed by atoms with Crippen LogP contribution in [0.15, 0.2) is 6.07 Å². The SMILES string of the molecule is CC(C)(O)c1cc(I)c2c(c1F)CCNC2. The zero-order chi connectivity index (χ0) is 11.9. The molecule has 0 radical (unpaired) electrons. The third-order valence-corrected chi connectivity index (χ3v) is 3.90. The topological polar surface area (TPSA) is 32.3 Å². The molecule has 2 nitrogen and oxygen atoms in total. The lowest BCUT2D eigenvalue weighted by atomic mass is 9.90. The van der Waals surface area contributed by atoms with E-state index in [-0.39, 0.29) is 5.82 Å². The molecule has 88 valence electrons. The number of nitrogens with one attached hydrogen (secondary N) is 1. The monoisotopic (exact) mass is 335 g/mol. The van der Waals surface area contributed by atoms with Crippen LogP contribution in [0.5, 0.6) is 0 Å². The zero-order valence-electron chi connectivity index (χ0n) is 9.40. The van der Waals surface area contributed by atoms with Crippen molar-refractivity contribution in [1.29, 1.82) is 0 Å². The molecule has 2 rings (SSSR count). The summed E-state index contributed by atoms with van der Waals surface area (Å²) < 4.78 is 15.3. The predicted octanol–water partition coefficient (Wildman–Crippen LogP) is 2.30. The molecule has 0 bridgehead atoms. The first kappa shape index (κ1) is 12.3. The second-order valence-corrected chi connectivity index (χ2v) is 5.83. The molecule has 1 aliphatic heterocycles. The Labute approximate surface area is 108 Å². The van der Waals surface area contributed by atoms with E-state index in [2.05, 4.69) is 27.9 Å². The number of hydrogen-bond acceptors (Lipinski definition) is 2. The van der Waals surface area contributed by atoms with Gasteiger partial charge in [0.15, 0.2) is 0 Å². The number of fused-ring (bicyclic) bond motifs is 1. The maximum Gasteiger partial charge on any atom is 0.132 e. The van der Waals surface area contributed by atoms with Gasteiger partial charge < -0.3 is 10.4 Å². The van der Waals surface area contributed by atoms with Crippen LogP contribution in [0.25, 0.3) is 0 Å². The summed E-state index contributed by atoms with van der Waals surface area (Å²) in [5.74, 6) is -0.232. The first-order valence-electron chi connectivity index (χ1n) is 5.34. The van der Waals surface area contributed by atoms with Crippen molar-refractivity contribution in [3.8, 4) is 0 Å². The van der Waals surface area contributed by atoms with Gasteiger partial charge in [-0.25, -0.2) is 4.39 Å². The summed E-state index contributed by atoms with van der Waals surface area (Å²) in [5, 5.41) is 13.2. The molecule has 0 amide bonds. The molecule has 0 fully saturated rings. The molecule has 2 N–H and O–H groups in total. The van der Waals surface area contributed by atoms with Crippen molar-refractivity contribution < 1.29 is 9.50 Å². The first-order chi connectivity index (χ1) is 7.41. The third kappa shape index (κ3) is 2.10. The van der Waals surface area contributed by atoms with Crippen LogP contribution in [-0.2, 0) is 18.6 Å². The van der Waals surface area contributed by atoms with Crippen LogP contribution in [0, 0.1) is 9.39 Å². The van der Waals surface area contributed by atoms with Gasteiger partial charge in [-0.3, -0.25) is 0 Å². The molecule has 4 heteroatoms. The maximum atomic E-state index is 14.2. The Balaban J connectivity index is 2.63. The van der Waals surface area contributed by atoms with Crippen LogP contribution in [0.4, 0.5) is 4.39 Å². The fourth-order valence-electron chi connectivity index (χ4n) is 2.04. The van der Waals surface area contributed by atoms with E-state index in [0.29, 0.717) is 12.0 Å². The number of benzene rings is 1. The first-order valence-corrected chi connectivity index (χ1v) is 6.42. The van der Waals surface area contributed by atoms with Crippen LogP contribution >= 0.6 is 22.6 Å². The van der Waals surface area contributed by atoms with E-state index >= 15 is 0 Å². The molecule has 0 aromatic heterocycles. The number of aliphatic hydroxyl groups is 1. The van der Waals surface area contributed by atoms with E-state index in [1.807, 2.05) is 0 Å². The Morgan fingerprint density at radius 1 is 1.44 bits per heavy atom. The van der Waals surface area contributed by atoms with Crippen LogP contribution in [0.2, 0.25) is 0 Å².